The first kappa shape index (κ1) is 16.7. The van der Waals surface area contributed by atoms with E-state index in [1.165, 1.54) is 25.0 Å². The summed E-state index contributed by atoms with van der Waals surface area (Å²) in [5, 5.41) is 6.39. The first-order valence-corrected chi connectivity index (χ1v) is 9.19. The van der Waals surface area contributed by atoms with Gasteiger partial charge in [-0.05, 0) is 50.4 Å². The van der Waals surface area contributed by atoms with Gasteiger partial charge in [0, 0.05) is 18.0 Å². The third kappa shape index (κ3) is 4.03. The van der Waals surface area contributed by atoms with Crippen LogP contribution >= 0.6 is 22.9 Å². The van der Waals surface area contributed by atoms with E-state index in [4.69, 9.17) is 11.6 Å². The highest BCUT2D eigenvalue weighted by Gasteiger charge is 2.25. The maximum absolute atomic E-state index is 13.1. The highest BCUT2D eigenvalue weighted by atomic mass is 35.5. The smallest absolute Gasteiger partial charge is 0.187 e. The Morgan fingerprint density at radius 2 is 2.26 bits per heavy atom. The number of rotatable bonds is 4. The molecule has 1 aliphatic rings. The number of aromatic nitrogens is 1. The van der Waals surface area contributed by atoms with Crippen molar-refractivity contribution in [2.75, 3.05) is 11.9 Å². The summed E-state index contributed by atoms with van der Waals surface area (Å²) < 4.78 is 13.1. The van der Waals surface area contributed by atoms with Crippen molar-refractivity contribution in [1.82, 2.24) is 9.88 Å². The molecule has 1 aromatic heterocycles. The van der Waals surface area contributed by atoms with E-state index < -0.39 is 0 Å². The highest BCUT2D eigenvalue weighted by Crippen LogP contribution is 2.29. The van der Waals surface area contributed by atoms with Crippen LogP contribution in [0.1, 0.15) is 32.4 Å². The molecular formula is C17H21ClFN3S. The summed E-state index contributed by atoms with van der Waals surface area (Å²) in [4.78, 5) is 7.13. The zero-order valence-electron chi connectivity index (χ0n) is 13.4. The number of likely N-dealkylation sites (tertiary alicyclic amines) is 1. The standard InChI is InChI=1S/C17H21ClFN3S/c1-11-4-3-7-22(12(11)2)9-14-10-23-17(20-14)21-16-6-5-13(19)8-15(16)18/h5-6,8,10-12H,3-4,7,9H2,1-2H3,(H,20,21). The number of anilines is 2. The van der Waals surface area contributed by atoms with E-state index in [-0.39, 0.29) is 5.82 Å². The number of thiazole rings is 1. The van der Waals surface area contributed by atoms with Crippen LogP contribution in [0, 0.1) is 11.7 Å². The number of nitrogens with zero attached hydrogens (tertiary/aromatic N) is 2. The van der Waals surface area contributed by atoms with Crippen molar-refractivity contribution in [3.05, 3.63) is 40.1 Å². The molecule has 2 aromatic rings. The number of hydrogen-bond acceptors (Lipinski definition) is 4. The van der Waals surface area contributed by atoms with E-state index in [0.717, 1.165) is 29.8 Å². The topological polar surface area (TPSA) is 28.2 Å². The van der Waals surface area contributed by atoms with Crippen LogP contribution in [-0.2, 0) is 6.54 Å². The molecule has 2 heterocycles. The van der Waals surface area contributed by atoms with E-state index in [2.05, 4.69) is 34.4 Å². The third-order valence-corrected chi connectivity index (χ3v) is 5.71. The average molecular weight is 354 g/mol. The second-order valence-electron chi connectivity index (χ2n) is 6.22. The molecule has 23 heavy (non-hydrogen) atoms. The summed E-state index contributed by atoms with van der Waals surface area (Å²) in [6.45, 7) is 6.63. The number of nitrogens with one attached hydrogen (secondary N) is 1. The van der Waals surface area contributed by atoms with Gasteiger partial charge in [0.2, 0.25) is 0 Å². The molecule has 0 spiro atoms. The Morgan fingerprint density at radius 1 is 1.43 bits per heavy atom. The van der Waals surface area contributed by atoms with Crippen LogP contribution in [0.15, 0.2) is 23.6 Å². The summed E-state index contributed by atoms with van der Waals surface area (Å²) in [6.07, 6.45) is 2.57. The minimum Gasteiger partial charge on any atom is -0.330 e. The van der Waals surface area contributed by atoms with Gasteiger partial charge in [-0.3, -0.25) is 4.90 Å². The van der Waals surface area contributed by atoms with Crippen LogP contribution in [0.5, 0.6) is 0 Å². The Labute approximate surface area is 145 Å². The predicted molar refractivity (Wildman–Crippen MR) is 95.1 cm³/mol. The van der Waals surface area contributed by atoms with Gasteiger partial charge in [-0.15, -0.1) is 11.3 Å². The first-order valence-electron chi connectivity index (χ1n) is 7.93. The van der Waals surface area contributed by atoms with E-state index in [1.54, 1.807) is 17.4 Å². The monoisotopic (exact) mass is 353 g/mol. The maximum Gasteiger partial charge on any atom is 0.187 e. The zero-order valence-corrected chi connectivity index (χ0v) is 14.9. The van der Waals surface area contributed by atoms with Gasteiger partial charge >= 0.3 is 0 Å². The van der Waals surface area contributed by atoms with Gasteiger partial charge in [-0.25, -0.2) is 9.37 Å². The van der Waals surface area contributed by atoms with Crippen molar-refractivity contribution >= 4 is 33.8 Å². The molecule has 1 N–H and O–H groups in total. The predicted octanol–water partition coefficient (Wildman–Crippen LogP) is 5.30. The van der Waals surface area contributed by atoms with Crippen LogP contribution < -0.4 is 5.32 Å². The molecule has 1 aliphatic heterocycles. The number of piperidine rings is 1. The third-order valence-electron chi connectivity index (χ3n) is 4.59. The second kappa shape index (κ2) is 7.16. The molecule has 124 valence electrons. The fraction of sp³-hybridized carbons (Fsp3) is 0.471. The van der Waals surface area contributed by atoms with Gasteiger partial charge in [0.15, 0.2) is 5.13 Å². The SMILES string of the molecule is CC1CCCN(Cc2csc(Nc3ccc(F)cc3Cl)n2)C1C. The molecule has 0 bridgehead atoms. The van der Waals surface area contributed by atoms with Gasteiger partial charge in [-0.1, -0.05) is 18.5 Å². The number of hydrogen-bond donors (Lipinski definition) is 1. The minimum absolute atomic E-state index is 0.339. The number of halogens is 2. The molecule has 1 saturated heterocycles. The summed E-state index contributed by atoms with van der Waals surface area (Å²) >= 11 is 7.59. The average Bonchev–Trinajstić information content (AvgIpc) is 2.94. The number of benzene rings is 1. The van der Waals surface area contributed by atoms with E-state index in [0.29, 0.717) is 16.8 Å². The molecule has 0 amide bonds. The lowest BCUT2D eigenvalue weighted by atomic mass is 9.92. The molecule has 0 radical (unpaired) electrons. The second-order valence-corrected chi connectivity index (χ2v) is 7.49. The van der Waals surface area contributed by atoms with Crippen LogP contribution in [0.2, 0.25) is 5.02 Å². The molecule has 3 nitrogen and oxygen atoms in total. The quantitative estimate of drug-likeness (QED) is 0.808. The first-order chi connectivity index (χ1) is 11.0. The summed E-state index contributed by atoms with van der Waals surface area (Å²) in [5.74, 6) is 0.395. The zero-order chi connectivity index (χ0) is 16.4. The van der Waals surface area contributed by atoms with Crippen molar-refractivity contribution in [2.45, 2.75) is 39.3 Å². The van der Waals surface area contributed by atoms with Crippen molar-refractivity contribution in [3.8, 4) is 0 Å². The van der Waals surface area contributed by atoms with Crippen LogP contribution in [-0.4, -0.2) is 22.5 Å². The van der Waals surface area contributed by atoms with Gasteiger partial charge in [0.1, 0.15) is 5.82 Å². The van der Waals surface area contributed by atoms with Crippen LogP contribution in [0.4, 0.5) is 15.2 Å². The molecule has 3 rings (SSSR count). The Kier molecular flexibility index (Phi) is 5.19. The molecule has 2 unspecified atom stereocenters. The van der Waals surface area contributed by atoms with Crippen LogP contribution in [0.3, 0.4) is 0 Å². The van der Waals surface area contributed by atoms with Gasteiger partial charge in [-0.2, -0.15) is 0 Å². The molecular weight excluding hydrogens is 333 g/mol. The maximum atomic E-state index is 13.1. The lowest BCUT2D eigenvalue weighted by Gasteiger charge is -2.37. The molecule has 1 aromatic carbocycles. The Hall–Kier alpha value is -1.17. The summed E-state index contributed by atoms with van der Waals surface area (Å²) in [7, 11) is 0. The molecule has 0 aliphatic carbocycles. The van der Waals surface area contributed by atoms with Crippen molar-refractivity contribution in [1.29, 1.82) is 0 Å². The summed E-state index contributed by atoms with van der Waals surface area (Å²) in [5.41, 5.74) is 1.74. The highest BCUT2D eigenvalue weighted by molar-refractivity contribution is 7.13. The summed E-state index contributed by atoms with van der Waals surface area (Å²) in [6, 6.07) is 4.91. The van der Waals surface area contributed by atoms with Gasteiger partial charge in [0.05, 0.1) is 16.4 Å². The van der Waals surface area contributed by atoms with Crippen LogP contribution in [0.25, 0.3) is 0 Å². The van der Waals surface area contributed by atoms with Gasteiger partial charge < -0.3 is 5.32 Å². The fourth-order valence-corrected chi connectivity index (χ4v) is 3.92. The van der Waals surface area contributed by atoms with E-state index in [1.807, 2.05) is 0 Å². The van der Waals surface area contributed by atoms with E-state index in [9.17, 15) is 4.39 Å². The van der Waals surface area contributed by atoms with E-state index >= 15 is 0 Å². The molecule has 0 saturated carbocycles. The van der Waals surface area contributed by atoms with Gasteiger partial charge in [0.25, 0.3) is 0 Å². The largest absolute Gasteiger partial charge is 0.330 e. The van der Waals surface area contributed by atoms with Crippen molar-refractivity contribution in [3.63, 3.8) is 0 Å². The van der Waals surface area contributed by atoms with Crippen molar-refractivity contribution < 1.29 is 4.39 Å². The Balaban J connectivity index is 1.66. The molecule has 1 fully saturated rings. The Bertz CT molecular complexity index is 676. The lowest BCUT2D eigenvalue weighted by Crippen LogP contribution is -2.41. The minimum atomic E-state index is -0.339. The molecule has 6 heteroatoms. The fourth-order valence-electron chi connectivity index (χ4n) is 3.00. The normalized spacial score (nSPS) is 22.3. The Morgan fingerprint density at radius 3 is 3.04 bits per heavy atom. The lowest BCUT2D eigenvalue weighted by molar-refractivity contribution is 0.105. The van der Waals surface area contributed by atoms with Crippen molar-refractivity contribution in [2.24, 2.45) is 5.92 Å². The molecule has 2 atom stereocenters.